The number of amides is 4. The number of halogens is 3. The van der Waals surface area contributed by atoms with Gasteiger partial charge in [0.1, 0.15) is 11.6 Å². The van der Waals surface area contributed by atoms with Gasteiger partial charge in [0.05, 0.1) is 34.5 Å². The van der Waals surface area contributed by atoms with Crippen LogP contribution >= 0.6 is 23.2 Å². The van der Waals surface area contributed by atoms with Crippen LogP contribution in [-0.4, -0.2) is 50.9 Å². The summed E-state index contributed by atoms with van der Waals surface area (Å²) >= 11 is 12.9. The van der Waals surface area contributed by atoms with Gasteiger partial charge in [-0.3, -0.25) is 29.5 Å². The minimum absolute atomic E-state index is 0.0120. The lowest BCUT2D eigenvalue weighted by Gasteiger charge is -2.50. The molecular formula is C38H29BCl2FN3O7. The van der Waals surface area contributed by atoms with Crippen LogP contribution in [0.15, 0.2) is 103 Å². The van der Waals surface area contributed by atoms with E-state index >= 15 is 4.79 Å². The van der Waals surface area contributed by atoms with Crippen LogP contribution in [0.1, 0.15) is 29.9 Å². The summed E-state index contributed by atoms with van der Waals surface area (Å²) in [6, 6.07) is 22.0. The molecule has 52 heavy (non-hydrogen) atoms. The molecule has 4 aliphatic rings. The second-order valence-electron chi connectivity index (χ2n) is 13.6. The third-order valence-corrected chi connectivity index (χ3v) is 11.5. The average Bonchev–Trinajstić information content (AvgIpc) is 3.51. The van der Waals surface area contributed by atoms with Crippen molar-refractivity contribution >= 4 is 70.8 Å². The van der Waals surface area contributed by atoms with Crippen molar-refractivity contribution in [2.24, 2.45) is 23.7 Å². The van der Waals surface area contributed by atoms with Crippen molar-refractivity contribution in [3.05, 3.63) is 130 Å². The zero-order valence-corrected chi connectivity index (χ0v) is 28.6. The van der Waals surface area contributed by atoms with E-state index in [1.165, 1.54) is 60.7 Å². The summed E-state index contributed by atoms with van der Waals surface area (Å²) in [5.41, 5.74) is 3.01. The van der Waals surface area contributed by atoms with Crippen molar-refractivity contribution in [2.75, 3.05) is 10.3 Å². The molecule has 6 atom stereocenters. The first kappa shape index (κ1) is 34.1. The molecule has 3 fully saturated rings. The van der Waals surface area contributed by atoms with Gasteiger partial charge in [-0.15, -0.1) is 0 Å². The number of allylic oxidation sites excluding steroid dienone is 2. The van der Waals surface area contributed by atoms with Crippen LogP contribution < -0.4 is 15.8 Å². The molecule has 0 radical (unpaired) electrons. The summed E-state index contributed by atoms with van der Waals surface area (Å²) in [4.78, 5) is 59.4. The number of benzene rings is 4. The molecule has 1 saturated carbocycles. The third-order valence-electron chi connectivity index (χ3n) is 11.0. The molecule has 262 valence electrons. The summed E-state index contributed by atoms with van der Waals surface area (Å²) < 4.78 is 13.8. The Morgan fingerprint density at radius 3 is 2.25 bits per heavy atom. The summed E-state index contributed by atoms with van der Waals surface area (Å²) in [6.07, 6.45) is 1.95. The lowest BCUT2D eigenvalue weighted by molar-refractivity contribution is -0.138. The van der Waals surface area contributed by atoms with E-state index in [2.05, 4.69) is 5.43 Å². The van der Waals surface area contributed by atoms with E-state index in [9.17, 15) is 33.9 Å². The molecule has 14 heteroatoms. The Balaban J connectivity index is 1.32. The zero-order chi connectivity index (χ0) is 36.6. The number of phenolic OH excluding ortho intramolecular Hbond substituents is 1. The van der Waals surface area contributed by atoms with Gasteiger partial charge in [-0.1, -0.05) is 59.1 Å². The number of carbonyl (C=O) groups excluding carboxylic acids is 4. The second-order valence-corrected chi connectivity index (χ2v) is 14.4. The Bertz CT molecular complexity index is 2200. The van der Waals surface area contributed by atoms with Gasteiger partial charge in [-0.25, -0.2) is 4.39 Å². The number of nitrogens with zero attached hydrogens (tertiary/aromatic N) is 2. The Morgan fingerprint density at radius 1 is 0.827 bits per heavy atom. The maximum absolute atomic E-state index is 15.2. The van der Waals surface area contributed by atoms with Crippen LogP contribution in [0.25, 0.3) is 0 Å². The van der Waals surface area contributed by atoms with Gasteiger partial charge in [0.25, 0.3) is 11.8 Å². The highest BCUT2D eigenvalue weighted by Crippen LogP contribution is 2.65. The number of hydrogen-bond acceptors (Lipinski definition) is 8. The molecule has 4 N–H and O–H groups in total. The predicted octanol–water partition coefficient (Wildman–Crippen LogP) is 4.71. The summed E-state index contributed by atoms with van der Waals surface area (Å²) in [7, 11) is -1.83. The highest BCUT2D eigenvalue weighted by atomic mass is 35.5. The van der Waals surface area contributed by atoms with Gasteiger partial charge < -0.3 is 15.2 Å². The quantitative estimate of drug-likeness (QED) is 0.126. The van der Waals surface area contributed by atoms with Crippen molar-refractivity contribution in [1.82, 2.24) is 5.01 Å². The molecule has 10 nitrogen and oxygen atoms in total. The number of anilines is 2. The van der Waals surface area contributed by atoms with Crippen molar-refractivity contribution < 1.29 is 38.7 Å². The van der Waals surface area contributed by atoms with Gasteiger partial charge in [-0.05, 0) is 96.5 Å². The van der Waals surface area contributed by atoms with E-state index in [1.807, 2.05) is 6.08 Å². The maximum atomic E-state index is 15.2. The topological polar surface area (TPSA) is 147 Å². The molecule has 2 heterocycles. The van der Waals surface area contributed by atoms with Gasteiger partial charge in [0, 0.05) is 21.5 Å². The first-order valence-corrected chi connectivity index (χ1v) is 17.4. The fourth-order valence-electron chi connectivity index (χ4n) is 8.84. The molecule has 2 aliphatic carbocycles. The number of fused-ring (bicyclic) bond motifs is 4. The summed E-state index contributed by atoms with van der Waals surface area (Å²) in [6.45, 7) is 0. The number of hydrogen-bond donors (Lipinski definition) is 4. The molecule has 4 aromatic rings. The van der Waals surface area contributed by atoms with Crippen molar-refractivity contribution in [3.8, 4) is 5.75 Å². The van der Waals surface area contributed by atoms with Crippen LogP contribution in [0.4, 0.5) is 15.8 Å². The predicted molar refractivity (Wildman–Crippen MR) is 191 cm³/mol. The van der Waals surface area contributed by atoms with E-state index in [1.54, 1.807) is 30.3 Å². The highest BCUT2D eigenvalue weighted by Gasteiger charge is 2.70. The van der Waals surface area contributed by atoms with Gasteiger partial charge in [0.15, 0.2) is 0 Å². The number of rotatable bonds is 6. The Kier molecular flexibility index (Phi) is 8.26. The molecule has 0 bridgehead atoms. The zero-order valence-electron chi connectivity index (χ0n) is 27.1. The normalized spacial score (nSPS) is 26.6. The van der Waals surface area contributed by atoms with Gasteiger partial charge in [-0.2, -0.15) is 5.01 Å². The van der Waals surface area contributed by atoms with Crippen molar-refractivity contribution in [2.45, 2.75) is 24.2 Å². The first-order chi connectivity index (χ1) is 24.9. The fourth-order valence-corrected chi connectivity index (χ4v) is 9.14. The first-order valence-electron chi connectivity index (χ1n) is 16.6. The van der Waals surface area contributed by atoms with E-state index in [0.29, 0.717) is 16.2 Å². The smallest absolute Gasteiger partial charge is 0.488 e. The lowest BCUT2D eigenvalue weighted by Crippen LogP contribution is -2.53. The van der Waals surface area contributed by atoms with E-state index in [4.69, 9.17) is 23.2 Å². The van der Waals surface area contributed by atoms with Crippen molar-refractivity contribution in [3.63, 3.8) is 0 Å². The molecule has 0 aromatic heterocycles. The molecule has 2 aliphatic heterocycles. The molecule has 4 aromatic carbocycles. The third kappa shape index (κ3) is 5.08. The Hall–Kier alpha value is -5.01. The fraction of sp³-hybridized carbons (Fsp3) is 0.211. The van der Waals surface area contributed by atoms with Crippen LogP contribution in [0.3, 0.4) is 0 Å². The Morgan fingerprint density at radius 2 is 1.54 bits per heavy atom. The number of hydrazine groups is 1. The van der Waals surface area contributed by atoms with E-state index in [-0.39, 0.29) is 46.0 Å². The standard InChI is InChI=1S/C38H29BCl2FN3O7/c40-21-6-4-19(5-7-21)38-30(35(48)45(37(38)50)43-24-11-9-23(42)10-12-24)18-28-26(33(38)29-17-22(41)8-15-31(29)46)13-14-27-32(28)36(49)44(34(27)47)25-3-1-2-20(16-25)39(51)52/h1-13,15-17,27-28,30,32-33,43,46,51-52H,14,18H2/t27-,28+,30-,32-,33+,38+/m0/s1. The van der Waals surface area contributed by atoms with Crippen LogP contribution in [0, 0.1) is 29.5 Å². The summed E-state index contributed by atoms with van der Waals surface area (Å²) in [5.74, 6) is -7.60. The maximum Gasteiger partial charge on any atom is 0.488 e. The number of phenols is 1. The SMILES string of the molecule is O=C1[C@@H]2C[C@@H]3C(=CC[C@@H]4C(=O)N(c5cccc(B(O)O)c5)C(=O)[C@@H]43)[C@H](c3cc(Cl)ccc3O)[C@]2(c2ccc(Cl)cc2)C(=O)N1Nc1ccc(F)cc1. The Labute approximate surface area is 307 Å². The van der Waals surface area contributed by atoms with Crippen molar-refractivity contribution in [1.29, 1.82) is 0 Å². The second kappa shape index (κ2) is 12.6. The monoisotopic (exact) mass is 739 g/mol. The van der Waals surface area contributed by atoms with Gasteiger partial charge >= 0.3 is 7.12 Å². The van der Waals surface area contributed by atoms with E-state index in [0.717, 1.165) is 9.91 Å². The molecule has 8 rings (SSSR count). The number of aromatic hydroxyl groups is 1. The number of imide groups is 2. The average molecular weight is 740 g/mol. The molecule has 0 unspecified atom stereocenters. The van der Waals surface area contributed by atoms with Gasteiger partial charge in [0.2, 0.25) is 11.8 Å². The van der Waals surface area contributed by atoms with E-state index < -0.39 is 71.6 Å². The number of carbonyl (C=O) groups is 4. The minimum Gasteiger partial charge on any atom is -0.508 e. The summed E-state index contributed by atoms with van der Waals surface area (Å²) in [5, 5.41) is 32.6. The molecule has 0 spiro atoms. The van der Waals surface area contributed by atoms with Crippen LogP contribution in [-0.2, 0) is 24.6 Å². The highest BCUT2D eigenvalue weighted by molar-refractivity contribution is 6.58. The number of nitrogens with one attached hydrogen (secondary N) is 1. The largest absolute Gasteiger partial charge is 0.508 e. The minimum atomic E-state index is -1.83. The lowest BCUT2D eigenvalue weighted by atomic mass is 9.49. The van der Waals surface area contributed by atoms with Crippen LogP contribution in [0.2, 0.25) is 10.0 Å². The molecular weight excluding hydrogens is 711 g/mol. The molecule has 2 saturated heterocycles. The molecule has 4 amide bonds. The van der Waals surface area contributed by atoms with Crippen LogP contribution in [0.5, 0.6) is 5.75 Å².